The van der Waals surface area contributed by atoms with E-state index in [1.54, 1.807) is 0 Å². The summed E-state index contributed by atoms with van der Waals surface area (Å²) in [7, 11) is 0. The van der Waals surface area contributed by atoms with E-state index >= 15 is 0 Å². The van der Waals surface area contributed by atoms with Crippen LogP contribution in [-0.4, -0.2) is 65.9 Å². The summed E-state index contributed by atoms with van der Waals surface area (Å²) in [6.07, 6.45) is 6.19. The highest BCUT2D eigenvalue weighted by molar-refractivity contribution is 5.75. The zero-order chi connectivity index (χ0) is 13.9. The molecular weight excluding hydrogens is 256 g/mol. The lowest BCUT2D eigenvalue weighted by atomic mass is 9.88. The summed E-state index contributed by atoms with van der Waals surface area (Å²) in [5, 5.41) is 10.2. The van der Waals surface area contributed by atoms with E-state index < -0.39 is 0 Å². The molecule has 2 aliphatic heterocycles. The van der Waals surface area contributed by atoms with E-state index in [-0.39, 0.29) is 18.2 Å². The first-order valence-electron chi connectivity index (χ1n) is 8.09. The summed E-state index contributed by atoms with van der Waals surface area (Å²) in [6, 6.07) is 0.411. The third kappa shape index (κ3) is 2.79. The fraction of sp³-hybridized carbons (Fsp3) is 0.933. The van der Waals surface area contributed by atoms with Crippen LogP contribution in [0.4, 0.5) is 4.79 Å². The Bertz CT molecular complexity index is 344. The van der Waals surface area contributed by atoms with Gasteiger partial charge >= 0.3 is 6.03 Å². The average molecular weight is 282 g/mol. The summed E-state index contributed by atoms with van der Waals surface area (Å²) in [6.45, 7) is 3.56. The van der Waals surface area contributed by atoms with Crippen LogP contribution in [0.3, 0.4) is 0 Å². The molecule has 2 heterocycles. The number of rotatable bonds is 1. The highest BCUT2D eigenvalue weighted by atomic mass is 16.5. The number of likely N-dealkylation sites (tertiary alicyclic amines) is 1. The van der Waals surface area contributed by atoms with Crippen LogP contribution in [-0.2, 0) is 4.74 Å². The number of aliphatic hydroxyl groups excluding tert-OH is 1. The molecule has 2 saturated heterocycles. The van der Waals surface area contributed by atoms with Crippen molar-refractivity contribution in [3.63, 3.8) is 0 Å². The third-order valence-electron chi connectivity index (χ3n) is 5.10. The van der Waals surface area contributed by atoms with Gasteiger partial charge in [-0.2, -0.15) is 0 Å². The van der Waals surface area contributed by atoms with Crippen molar-refractivity contribution in [1.29, 1.82) is 0 Å². The number of ether oxygens (including phenoxy) is 1. The SMILES string of the molecule is O=C(N1CCOCC1)N1CCCCC1C1CCCC1O. The van der Waals surface area contributed by atoms with Gasteiger partial charge in [-0.1, -0.05) is 6.42 Å². The Balaban J connectivity index is 1.69. The van der Waals surface area contributed by atoms with Gasteiger partial charge < -0.3 is 19.6 Å². The maximum absolute atomic E-state index is 12.7. The first-order valence-corrected chi connectivity index (χ1v) is 8.09. The predicted octanol–water partition coefficient (Wildman–Crippen LogP) is 1.45. The zero-order valence-electron chi connectivity index (χ0n) is 12.2. The second kappa shape index (κ2) is 6.31. The van der Waals surface area contributed by atoms with Gasteiger partial charge in [0, 0.05) is 31.6 Å². The van der Waals surface area contributed by atoms with Gasteiger partial charge in [0.15, 0.2) is 0 Å². The molecule has 3 fully saturated rings. The van der Waals surface area contributed by atoms with Crippen molar-refractivity contribution in [1.82, 2.24) is 9.80 Å². The van der Waals surface area contributed by atoms with Gasteiger partial charge in [-0.3, -0.25) is 0 Å². The van der Waals surface area contributed by atoms with Crippen LogP contribution in [0, 0.1) is 5.92 Å². The second-order valence-corrected chi connectivity index (χ2v) is 6.30. The minimum absolute atomic E-state index is 0.164. The molecule has 3 atom stereocenters. The molecule has 0 aromatic carbocycles. The molecule has 20 heavy (non-hydrogen) atoms. The molecule has 0 spiro atoms. The summed E-state index contributed by atoms with van der Waals surface area (Å²) in [4.78, 5) is 16.7. The van der Waals surface area contributed by atoms with Crippen molar-refractivity contribution in [3.05, 3.63) is 0 Å². The van der Waals surface area contributed by atoms with E-state index in [1.807, 2.05) is 9.80 Å². The zero-order valence-corrected chi connectivity index (χ0v) is 12.2. The lowest BCUT2D eigenvalue weighted by Crippen LogP contribution is -2.55. The van der Waals surface area contributed by atoms with Gasteiger partial charge in [-0.15, -0.1) is 0 Å². The molecular formula is C15H26N2O3. The molecule has 0 radical (unpaired) electrons. The van der Waals surface area contributed by atoms with Crippen LogP contribution in [0.1, 0.15) is 38.5 Å². The monoisotopic (exact) mass is 282 g/mol. The molecule has 1 N–H and O–H groups in total. The first kappa shape index (κ1) is 14.1. The number of aliphatic hydroxyl groups is 1. The molecule has 114 valence electrons. The van der Waals surface area contributed by atoms with E-state index in [9.17, 15) is 9.90 Å². The van der Waals surface area contributed by atoms with Crippen LogP contribution in [0.2, 0.25) is 0 Å². The summed E-state index contributed by atoms with van der Waals surface area (Å²) in [5.41, 5.74) is 0. The van der Waals surface area contributed by atoms with E-state index in [1.165, 1.54) is 6.42 Å². The van der Waals surface area contributed by atoms with Crippen molar-refractivity contribution in [2.24, 2.45) is 5.92 Å². The maximum atomic E-state index is 12.7. The molecule has 3 unspecified atom stereocenters. The number of hydrogen-bond donors (Lipinski definition) is 1. The minimum Gasteiger partial charge on any atom is -0.393 e. The van der Waals surface area contributed by atoms with Crippen molar-refractivity contribution >= 4 is 6.03 Å². The second-order valence-electron chi connectivity index (χ2n) is 6.30. The molecule has 1 saturated carbocycles. The van der Waals surface area contributed by atoms with Crippen LogP contribution >= 0.6 is 0 Å². The quantitative estimate of drug-likeness (QED) is 0.792. The standard InChI is InChI=1S/C15H26N2O3/c18-14-6-3-4-12(14)13-5-1-2-7-17(13)15(19)16-8-10-20-11-9-16/h12-14,18H,1-11H2. The molecule has 5 nitrogen and oxygen atoms in total. The smallest absolute Gasteiger partial charge is 0.320 e. The summed E-state index contributed by atoms with van der Waals surface area (Å²) >= 11 is 0. The Hall–Kier alpha value is -0.810. The number of amides is 2. The molecule has 5 heteroatoms. The fourth-order valence-electron chi connectivity index (χ4n) is 3.99. The van der Waals surface area contributed by atoms with E-state index in [0.717, 1.165) is 38.6 Å². The normalized spacial score (nSPS) is 35.4. The van der Waals surface area contributed by atoms with Crippen LogP contribution in [0.25, 0.3) is 0 Å². The molecule has 3 rings (SSSR count). The highest BCUT2D eigenvalue weighted by Gasteiger charge is 2.40. The Labute approximate surface area is 120 Å². The van der Waals surface area contributed by atoms with Gasteiger partial charge in [0.25, 0.3) is 0 Å². The Morgan fingerprint density at radius 3 is 2.50 bits per heavy atom. The van der Waals surface area contributed by atoms with Gasteiger partial charge in [-0.25, -0.2) is 4.79 Å². The van der Waals surface area contributed by atoms with Crippen LogP contribution in [0.15, 0.2) is 0 Å². The number of urea groups is 1. The molecule has 0 bridgehead atoms. The Kier molecular flexibility index (Phi) is 4.46. The lowest BCUT2D eigenvalue weighted by Gasteiger charge is -2.43. The van der Waals surface area contributed by atoms with Gasteiger partial charge in [0.05, 0.1) is 19.3 Å². The molecule has 0 aromatic heterocycles. The molecule has 2 amide bonds. The molecule has 3 aliphatic rings. The van der Waals surface area contributed by atoms with Crippen molar-refractivity contribution in [2.45, 2.75) is 50.7 Å². The predicted molar refractivity (Wildman–Crippen MR) is 75.5 cm³/mol. The topological polar surface area (TPSA) is 53.0 Å². The van der Waals surface area contributed by atoms with Crippen LogP contribution in [0.5, 0.6) is 0 Å². The van der Waals surface area contributed by atoms with Crippen LogP contribution < -0.4 is 0 Å². The largest absolute Gasteiger partial charge is 0.393 e. The number of morpholine rings is 1. The number of carbonyl (C=O) groups is 1. The fourth-order valence-corrected chi connectivity index (χ4v) is 3.99. The Morgan fingerprint density at radius 1 is 1.00 bits per heavy atom. The summed E-state index contributed by atoms with van der Waals surface area (Å²) in [5.74, 6) is 0.292. The molecule has 0 aromatic rings. The molecule has 1 aliphatic carbocycles. The maximum Gasteiger partial charge on any atom is 0.320 e. The number of hydrogen-bond acceptors (Lipinski definition) is 3. The van der Waals surface area contributed by atoms with Gasteiger partial charge in [-0.05, 0) is 32.1 Å². The Morgan fingerprint density at radius 2 is 1.80 bits per heavy atom. The van der Waals surface area contributed by atoms with Gasteiger partial charge in [0.1, 0.15) is 0 Å². The first-order chi connectivity index (χ1) is 9.77. The lowest BCUT2D eigenvalue weighted by molar-refractivity contribution is 0.0168. The van der Waals surface area contributed by atoms with Crippen molar-refractivity contribution in [3.8, 4) is 0 Å². The van der Waals surface area contributed by atoms with E-state index in [4.69, 9.17) is 4.74 Å². The van der Waals surface area contributed by atoms with E-state index in [0.29, 0.717) is 32.2 Å². The number of piperidine rings is 1. The van der Waals surface area contributed by atoms with Crippen molar-refractivity contribution < 1.29 is 14.6 Å². The average Bonchev–Trinajstić information content (AvgIpc) is 2.93. The van der Waals surface area contributed by atoms with Gasteiger partial charge in [0.2, 0.25) is 0 Å². The highest BCUT2D eigenvalue weighted by Crippen LogP contribution is 2.35. The van der Waals surface area contributed by atoms with E-state index in [2.05, 4.69) is 0 Å². The summed E-state index contributed by atoms with van der Waals surface area (Å²) < 4.78 is 5.33. The third-order valence-corrected chi connectivity index (χ3v) is 5.10. The number of nitrogens with zero attached hydrogens (tertiary/aromatic N) is 2. The number of carbonyl (C=O) groups excluding carboxylic acids is 1. The van der Waals surface area contributed by atoms with Crippen molar-refractivity contribution in [2.75, 3.05) is 32.8 Å². The minimum atomic E-state index is -0.210.